The summed E-state index contributed by atoms with van der Waals surface area (Å²) in [5.41, 5.74) is 2.03. The van der Waals surface area contributed by atoms with Gasteiger partial charge in [-0.15, -0.1) is 0 Å². The van der Waals surface area contributed by atoms with Gasteiger partial charge >= 0.3 is 0 Å². The Morgan fingerprint density at radius 1 is 1.23 bits per heavy atom. The van der Waals surface area contributed by atoms with Gasteiger partial charge in [-0.2, -0.15) is 0 Å². The fourth-order valence-electron chi connectivity index (χ4n) is 1.20. The lowest BCUT2D eigenvalue weighted by atomic mass is 10.1. The van der Waals surface area contributed by atoms with Crippen LogP contribution >= 0.6 is 0 Å². The molecule has 0 unspecified atom stereocenters. The minimum atomic E-state index is -0.203. The molecule has 0 saturated heterocycles. The van der Waals surface area contributed by atoms with Crippen LogP contribution in [0.15, 0.2) is 36.8 Å². The largest absolute Gasteiger partial charge is 0.351 e. The van der Waals surface area contributed by atoms with E-state index in [1.165, 1.54) is 12.1 Å². The average Bonchev–Trinajstić information content (AvgIpc) is 2.62. The van der Waals surface area contributed by atoms with E-state index >= 15 is 0 Å². The normalized spacial score (nSPS) is 10.2. The van der Waals surface area contributed by atoms with Crippen LogP contribution in [0.3, 0.4) is 0 Å². The molecule has 0 aliphatic rings. The average molecular weight is 176 g/mol. The summed E-state index contributed by atoms with van der Waals surface area (Å²) in [6.45, 7) is 0. The Morgan fingerprint density at radius 3 is 2.62 bits per heavy atom. The maximum Gasteiger partial charge on any atom is 0.123 e. The zero-order valence-electron chi connectivity index (χ0n) is 7.00. The van der Waals surface area contributed by atoms with Crippen LogP contribution in [0.2, 0.25) is 0 Å². The van der Waals surface area contributed by atoms with Crippen molar-refractivity contribution in [2.45, 2.75) is 6.42 Å². The molecule has 0 saturated carbocycles. The lowest BCUT2D eigenvalue weighted by molar-refractivity contribution is 0.627. The molecule has 1 aromatic carbocycles. The smallest absolute Gasteiger partial charge is 0.123 e. The van der Waals surface area contributed by atoms with Crippen LogP contribution in [-0.4, -0.2) is 9.97 Å². The maximum atomic E-state index is 12.5. The van der Waals surface area contributed by atoms with Gasteiger partial charge in [-0.05, 0) is 17.7 Å². The first-order valence-electron chi connectivity index (χ1n) is 4.07. The van der Waals surface area contributed by atoms with Crippen molar-refractivity contribution >= 4 is 0 Å². The molecule has 0 aliphatic carbocycles. The second-order valence-electron chi connectivity index (χ2n) is 2.86. The number of hydrogen-bond donors (Lipinski definition) is 1. The van der Waals surface area contributed by atoms with Gasteiger partial charge < -0.3 is 4.98 Å². The van der Waals surface area contributed by atoms with Crippen LogP contribution in [0, 0.1) is 5.82 Å². The van der Waals surface area contributed by atoms with E-state index in [4.69, 9.17) is 0 Å². The molecule has 2 nitrogen and oxygen atoms in total. The minimum Gasteiger partial charge on any atom is -0.351 e. The number of halogens is 1. The number of nitrogens with one attached hydrogen (secondary N) is 1. The number of hydrogen-bond acceptors (Lipinski definition) is 1. The van der Waals surface area contributed by atoms with Crippen molar-refractivity contribution < 1.29 is 4.39 Å². The number of aromatic amines is 1. The van der Waals surface area contributed by atoms with E-state index in [2.05, 4.69) is 9.97 Å². The van der Waals surface area contributed by atoms with Crippen molar-refractivity contribution in [3.63, 3.8) is 0 Å². The number of benzene rings is 1. The highest BCUT2D eigenvalue weighted by atomic mass is 19.1. The third-order valence-electron chi connectivity index (χ3n) is 1.85. The Morgan fingerprint density at radius 2 is 2.00 bits per heavy atom. The van der Waals surface area contributed by atoms with Crippen LogP contribution in [0.5, 0.6) is 0 Å². The Balaban J connectivity index is 2.15. The van der Waals surface area contributed by atoms with Gasteiger partial charge in [0, 0.05) is 12.6 Å². The third kappa shape index (κ3) is 1.93. The fourth-order valence-corrected chi connectivity index (χ4v) is 1.20. The van der Waals surface area contributed by atoms with Crippen LogP contribution in [-0.2, 0) is 6.42 Å². The highest BCUT2D eigenvalue weighted by Gasteiger charge is 1.97. The molecule has 1 aromatic heterocycles. The number of aromatic nitrogens is 2. The Bertz CT molecular complexity index is 364. The summed E-state index contributed by atoms with van der Waals surface area (Å²) in [5.74, 6) is -0.203. The van der Waals surface area contributed by atoms with E-state index in [-0.39, 0.29) is 5.82 Å². The molecule has 2 rings (SSSR count). The van der Waals surface area contributed by atoms with Crippen molar-refractivity contribution in [3.8, 4) is 0 Å². The number of rotatable bonds is 2. The Hall–Kier alpha value is -1.64. The van der Waals surface area contributed by atoms with Crippen molar-refractivity contribution in [3.05, 3.63) is 53.9 Å². The first kappa shape index (κ1) is 7.98. The summed E-state index contributed by atoms with van der Waals surface area (Å²) >= 11 is 0. The van der Waals surface area contributed by atoms with Crippen LogP contribution in [0.4, 0.5) is 4.39 Å². The van der Waals surface area contributed by atoms with Crippen LogP contribution in [0.1, 0.15) is 11.3 Å². The van der Waals surface area contributed by atoms with Gasteiger partial charge in [-0.3, -0.25) is 0 Å². The highest BCUT2D eigenvalue weighted by molar-refractivity contribution is 5.20. The van der Waals surface area contributed by atoms with Gasteiger partial charge in [-0.1, -0.05) is 12.1 Å². The summed E-state index contributed by atoms with van der Waals surface area (Å²) < 4.78 is 12.5. The minimum absolute atomic E-state index is 0.203. The van der Waals surface area contributed by atoms with Gasteiger partial charge in [-0.25, -0.2) is 9.37 Å². The van der Waals surface area contributed by atoms with E-state index in [0.717, 1.165) is 17.7 Å². The maximum absolute atomic E-state index is 12.5. The van der Waals surface area contributed by atoms with E-state index in [0.29, 0.717) is 0 Å². The predicted octanol–water partition coefficient (Wildman–Crippen LogP) is 2.14. The molecule has 1 heterocycles. The molecule has 0 bridgehead atoms. The molecule has 0 spiro atoms. The lowest BCUT2D eigenvalue weighted by Crippen LogP contribution is -1.87. The molecule has 0 radical (unpaired) electrons. The van der Waals surface area contributed by atoms with E-state index in [1.807, 2.05) is 6.20 Å². The molecule has 0 amide bonds. The monoisotopic (exact) mass is 176 g/mol. The summed E-state index contributed by atoms with van der Waals surface area (Å²) in [6.07, 6.45) is 4.21. The summed E-state index contributed by atoms with van der Waals surface area (Å²) in [4.78, 5) is 6.96. The molecule has 0 atom stereocenters. The number of nitrogens with zero attached hydrogens (tertiary/aromatic N) is 1. The molecular formula is C10H9FN2. The Kier molecular flexibility index (Phi) is 2.08. The molecule has 2 aromatic rings. The van der Waals surface area contributed by atoms with Gasteiger partial charge in [0.2, 0.25) is 0 Å². The van der Waals surface area contributed by atoms with E-state index < -0.39 is 0 Å². The standard InChI is InChI=1S/C10H9FN2/c11-9-3-1-8(2-4-9)5-10-6-12-7-13-10/h1-4,6-7H,5H2,(H,12,13). The number of H-pyrrole nitrogens is 1. The quantitative estimate of drug-likeness (QED) is 0.746. The van der Waals surface area contributed by atoms with Crippen molar-refractivity contribution in [2.24, 2.45) is 0 Å². The van der Waals surface area contributed by atoms with Gasteiger partial charge in [0.1, 0.15) is 5.82 Å². The molecule has 13 heavy (non-hydrogen) atoms. The van der Waals surface area contributed by atoms with E-state index in [1.54, 1.807) is 18.5 Å². The zero-order valence-corrected chi connectivity index (χ0v) is 7.00. The van der Waals surface area contributed by atoms with Gasteiger partial charge in [0.15, 0.2) is 0 Å². The van der Waals surface area contributed by atoms with Crippen molar-refractivity contribution in [1.29, 1.82) is 0 Å². The lowest BCUT2D eigenvalue weighted by Gasteiger charge is -1.96. The molecule has 3 heteroatoms. The second-order valence-corrected chi connectivity index (χ2v) is 2.86. The second kappa shape index (κ2) is 3.39. The molecular weight excluding hydrogens is 167 g/mol. The highest BCUT2D eigenvalue weighted by Crippen LogP contribution is 2.07. The molecule has 0 aliphatic heterocycles. The predicted molar refractivity (Wildman–Crippen MR) is 47.8 cm³/mol. The SMILES string of the molecule is Fc1ccc(Cc2c[nH]cn2)cc1. The van der Waals surface area contributed by atoms with Crippen molar-refractivity contribution in [1.82, 2.24) is 9.97 Å². The topological polar surface area (TPSA) is 28.7 Å². The summed E-state index contributed by atoms with van der Waals surface area (Å²) in [5, 5.41) is 0. The molecule has 1 N–H and O–H groups in total. The Labute approximate surface area is 75.4 Å². The van der Waals surface area contributed by atoms with Gasteiger partial charge in [0.05, 0.1) is 12.0 Å². The van der Waals surface area contributed by atoms with Crippen LogP contribution < -0.4 is 0 Å². The van der Waals surface area contributed by atoms with E-state index in [9.17, 15) is 4.39 Å². The van der Waals surface area contributed by atoms with Gasteiger partial charge in [0.25, 0.3) is 0 Å². The summed E-state index contributed by atoms with van der Waals surface area (Å²) in [7, 11) is 0. The fraction of sp³-hybridized carbons (Fsp3) is 0.100. The first-order chi connectivity index (χ1) is 6.34. The third-order valence-corrected chi connectivity index (χ3v) is 1.85. The number of imidazole rings is 1. The molecule has 66 valence electrons. The first-order valence-corrected chi connectivity index (χ1v) is 4.07. The van der Waals surface area contributed by atoms with Crippen molar-refractivity contribution in [2.75, 3.05) is 0 Å². The zero-order chi connectivity index (χ0) is 9.10. The molecule has 0 fully saturated rings. The summed E-state index contributed by atoms with van der Waals surface area (Å²) in [6, 6.07) is 6.46. The van der Waals surface area contributed by atoms with Crippen LogP contribution in [0.25, 0.3) is 0 Å².